The van der Waals surface area contributed by atoms with Crippen LogP contribution in [0.4, 0.5) is 26.7 Å². The van der Waals surface area contributed by atoms with Crippen LogP contribution in [0.3, 0.4) is 0 Å². The molecular weight excluding hydrogens is 556 g/mol. The SMILES string of the molecule is COc1ccc(NC(=O)N(C)C[C@@H]2Oc3ccc(NC(=O)Nc4c(C)noc4C)cc3C(=O)N([C@H](C)CO)C[C@H]2C)cc1. The average molecular weight is 595 g/mol. The summed E-state index contributed by atoms with van der Waals surface area (Å²) in [6.45, 7) is 7.36. The highest BCUT2D eigenvalue weighted by atomic mass is 16.5. The van der Waals surface area contributed by atoms with Crippen LogP contribution < -0.4 is 25.4 Å². The van der Waals surface area contributed by atoms with Crippen molar-refractivity contribution >= 4 is 35.0 Å². The van der Waals surface area contributed by atoms with Gasteiger partial charge in [0.2, 0.25) is 0 Å². The standard InChI is InChI=1S/C30H38N6O7/c1-17-14-36(18(2)16-37)28(38)24-13-22(31-29(39)33-27-19(3)34-43-20(27)4)9-12-25(24)42-26(17)15-35(5)30(40)32-21-7-10-23(41-6)11-8-21/h7-13,17-18,26,37H,14-16H2,1-6H3,(H,32,40)(H2,31,33,39)/t17-,18-,26+/m1/s1. The van der Waals surface area contributed by atoms with E-state index in [1.165, 1.54) is 11.0 Å². The highest BCUT2D eigenvalue weighted by Crippen LogP contribution is 2.31. The van der Waals surface area contributed by atoms with E-state index in [1.807, 2.05) is 6.92 Å². The van der Waals surface area contributed by atoms with Crippen molar-refractivity contribution in [2.45, 2.75) is 39.8 Å². The Labute approximate surface area is 250 Å². The topological polar surface area (TPSA) is 158 Å². The van der Waals surface area contributed by atoms with E-state index in [0.29, 0.717) is 40.0 Å². The number of ether oxygens (including phenoxy) is 2. The highest BCUT2D eigenvalue weighted by Gasteiger charge is 2.34. The van der Waals surface area contributed by atoms with E-state index >= 15 is 0 Å². The molecule has 0 aliphatic carbocycles. The predicted molar refractivity (Wildman–Crippen MR) is 161 cm³/mol. The molecule has 13 heteroatoms. The molecule has 4 rings (SSSR count). The van der Waals surface area contributed by atoms with Gasteiger partial charge in [0, 0.05) is 30.9 Å². The molecule has 13 nitrogen and oxygen atoms in total. The number of hydrogen-bond acceptors (Lipinski definition) is 8. The van der Waals surface area contributed by atoms with Crippen LogP contribution in [0.25, 0.3) is 0 Å². The minimum atomic E-state index is -0.537. The van der Waals surface area contributed by atoms with E-state index in [-0.39, 0.29) is 43.1 Å². The average Bonchev–Trinajstić information content (AvgIpc) is 3.31. The van der Waals surface area contributed by atoms with Gasteiger partial charge in [0.1, 0.15) is 29.0 Å². The summed E-state index contributed by atoms with van der Waals surface area (Å²) in [7, 11) is 3.24. The summed E-state index contributed by atoms with van der Waals surface area (Å²) >= 11 is 0. The van der Waals surface area contributed by atoms with Crippen LogP contribution in [0.1, 0.15) is 35.7 Å². The summed E-state index contributed by atoms with van der Waals surface area (Å²) in [4.78, 5) is 42.5. The normalized spacial score (nSPS) is 17.1. The van der Waals surface area contributed by atoms with Gasteiger partial charge in [-0.2, -0.15) is 0 Å². The number of aryl methyl sites for hydroxylation is 2. The maximum Gasteiger partial charge on any atom is 0.323 e. The van der Waals surface area contributed by atoms with Crippen LogP contribution in [-0.2, 0) is 0 Å². The van der Waals surface area contributed by atoms with Crippen LogP contribution >= 0.6 is 0 Å². The maximum atomic E-state index is 13.7. The molecule has 0 bridgehead atoms. The van der Waals surface area contributed by atoms with Crippen molar-refractivity contribution in [3.8, 4) is 11.5 Å². The van der Waals surface area contributed by atoms with Crippen molar-refractivity contribution in [3.63, 3.8) is 0 Å². The molecule has 0 radical (unpaired) electrons. The number of benzene rings is 2. The molecule has 0 fully saturated rings. The zero-order valence-electron chi connectivity index (χ0n) is 25.1. The lowest BCUT2D eigenvalue weighted by molar-refractivity contribution is 0.0371. The number of aromatic nitrogens is 1. The number of urea groups is 2. The molecule has 1 aliphatic heterocycles. The number of anilines is 3. The first kappa shape index (κ1) is 31.2. The van der Waals surface area contributed by atoms with Gasteiger partial charge in [-0.1, -0.05) is 12.1 Å². The zero-order chi connectivity index (χ0) is 31.3. The summed E-state index contributed by atoms with van der Waals surface area (Å²) < 4.78 is 16.6. The van der Waals surface area contributed by atoms with Crippen LogP contribution in [0.2, 0.25) is 0 Å². The molecule has 5 amide bonds. The molecule has 1 aliphatic rings. The van der Waals surface area contributed by atoms with Crippen LogP contribution in [-0.4, -0.2) is 84.0 Å². The summed E-state index contributed by atoms with van der Waals surface area (Å²) in [5.41, 5.74) is 2.19. The van der Waals surface area contributed by atoms with Crippen molar-refractivity contribution < 1.29 is 33.5 Å². The van der Waals surface area contributed by atoms with E-state index < -0.39 is 18.2 Å². The fourth-order valence-electron chi connectivity index (χ4n) is 4.70. The van der Waals surface area contributed by atoms with Gasteiger partial charge in [0.05, 0.1) is 31.9 Å². The number of carbonyl (C=O) groups excluding carboxylic acids is 3. The largest absolute Gasteiger partial charge is 0.497 e. The monoisotopic (exact) mass is 594 g/mol. The van der Waals surface area contributed by atoms with Gasteiger partial charge in [-0.15, -0.1) is 0 Å². The first-order valence-electron chi connectivity index (χ1n) is 13.9. The summed E-state index contributed by atoms with van der Waals surface area (Å²) in [6.07, 6.45) is -0.492. The summed E-state index contributed by atoms with van der Waals surface area (Å²) in [5.74, 6) is 0.906. The molecule has 2 aromatic carbocycles. The van der Waals surface area contributed by atoms with Crippen molar-refractivity contribution in [3.05, 3.63) is 59.5 Å². The lowest BCUT2D eigenvalue weighted by Crippen LogP contribution is -2.50. The van der Waals surface area contributed by atoms with E-state index in [4.69, 9.17) is 14.0 Å². The second-order valence-electron chi connectivity index (χ2n) is 10.7. The Kier molecular flexibility index (Phi) is 9.76. The molecule has 3 atom stereocenters. The van der Waals surface area contributed by atoms with Gasteiger partial charge in [-0.25, -0.2) is 9.59 Å². The molecule has 4 N–H and O–H groups in total. The number of hydrogen-bond donors (Lipinski definition) is 4. The molecule has 2 heterocycles. The number of rotatable bonds is 8. The van der Waals surface area contributed by atoms with Gasteiger partial charge in [0.25, 0.3) is 5.91 Å². The molecule has 3 aromatic rings. The van der Waals surface area contributed by atoms with E-state index in [9.17, 15) is 19.5 Å². The number of fused-ring (bicyclic) bond motifs is 1. The van der Waals surface area contributed by atoms with E-state index in [1.54, 1.807) is 76.2 Å². The Morgan fingerprint density at radius 2 is 1.84 bits per heavy atom. The van der Waals surface area contributed by atoms with E-state index in [0.717, 1.165) is 0 Å². The number of nitrogens with zero attached hydrogens (tertiary/aromatic N) is 3. The first-order valence-corrected chi connectivity index (χ1v) is 13.9. The van der Waals surface area contributed by atoms with Crippen molar-refractivity contribution in [2.24, 2.45) is 5.92 Å². The Balaban J connectivity index is 1.54. The number of amides is 5. The molecule has 0 saturated carbocycles. The number of methoxy groups -OCH3 is 1. The Hall–Kier alpha value is -4.78. The third-order valence-corrected chi connectivity index (χ3v) is 7.34. The molecule has 0 unspecified atom stereocenters. The van der Waals surface area contributed by atoms with E-state index in [2.05, 4.69) is 21.1 Å². The smallest absolute Gasteiger partial charge is 0.323 e. The molecule has 0 spiro atoms. The van der Waals surface area contributed by atoms with Crippen molar-refractivity contribution in [2.75, 3.05) is 49.8 Å². The lowest BCUT2D eigenvalue weighted by atomic mass is 9.99. The van der Waals surface area contributed by atoms with Gasteiger partial charge in [0.15, 0.2) is 5.76 Å². The van der Waals surface area contributed by atoms with Crippen LogP contribution in [0.15, 0.2) is 47.0 Å². The Morgan fingerprint density at radius 1 is 1.14 bits per heavy atom. The third kappa shape index (κ3) is 7.36. The van der Waals surface area contributed by atoms with Crippen LogP contribution in [0.5, 0.6) is 11.5 Å². The Morgan fingerprint density at radius 3 is 2.47 bits per heavy atom. The van der Waals surface area contributed by atoms with Gasteiger partial charge < -0.3 is 44.9 Å². The molecule has 0 saturated heterocycles. The van der Waals surface area contributed by atoms with Gasteiger partial charge in [-0.05, 0) is 63.2 Å². The van der Waals surface area contributed by atoms with Crippen LogP contribution in [0, 0.1) is 19.8 Å². The Bertz CT molecular complexity index is 1440. The quantitative estimate of drug-likeness (QED) is 0.300. The van der Waals surface area contributed by atoms with Crippen molar-refractivity contribution in [1.82, 2.24) is 15.0 Å². The highest BCUT2D eigenvalue weighted by molar-refractivity contribution is 6.03. The van der Waals surface area contributed by atoms with Crippen molar-refractivity contribution in [1.29, 1.82) is 0 Å². The summed E-state index contributed by atoms with van der Waals surface area (Å²) in [6, 6.07) is 10.4. The molecule has 43 heavy (non-hydrogen) atoms. The second-order valence-corrected chi connectivity index (χ2v) is 10.7. The minimum absolute atomic E-state index is 0.194. The zero-order valence-corrected chi connectivity index (χ0v) is 25.1. The molecule has 230 valence electrons. The van der Waals surface area contributed by atoms with Gasteiger partial charge in [-0.3, -0.25) is 4.79 Å². The predicted octanol–water partition coefficient (Wildman–Crippen LogP) is 4.33. The fraction of sp³-hybridized carbons (Fsp3) is 0.400. The fourth-order valence-corrected chi connectivity index (χ4v) is 4.70. The molecular formula is C30H38N6O7. The molecule has 1 aromatic heterocycles. The first-order chi connectivity index (χ1) is 20.5. The number of carbonyl (C=O) groups is 3. The number of nitrogens with one attached hydrogen (secondary N) is 3. The summed E-state index contributed by atoms with van der Waals surface area (Å²) in [5, 5.41) is 22.1. The van der Waals surface area contributed by atoms with Gasteiger partial charge >= 0.3 is 12.1 Å². The minimum Gasteiger partial charge on any atom is -0.497 e. The maximum absolute atomic E-state index is 13.7. The third-order valence-electron chi connectivity index (χ3n) is 7.34. The number of aliphatic hydroxyl groups excluding tert-OH is 1. The lowest BCUT2D eigenvalue weighted by Gasteiger charge is -2.38. The second kappa shape index (κ2) is 13.5. The number of aliphatic hydroxyl groups is 1. The number of likely N-dealkylation sites (N-methyl/N-ethyl adjacent to an activating group) is 1.